The van der Waals surface area contributed by atoms with Crippen LogP contribution in [0.15, 0.2) is 36.4 Å². The van der Waals surface area contributed by atoms with Crippen LogP contribution in [0.4, 0.5) is 11.4 Å². The summed E-state index contributed by atoms with van der Waals surface area (Å²) in [5.41, 5.74) is 5.53. The number of methoxy groups -OCH3 is 1. The molecular weight excluding hydrogens is 350 g/mol. The molecule has 0 aliphatic carbocycles. The van der Waals surface area contributed by atoms with Crippen LogP contribution in [0.25, 0.3) is 0 Å². The van der Waals surface area contributed by atoms with Crippen LogP contribution in [0, 0.1) is 25.2 Å². The number of hydrogen-bond donors (Lipinski definition) is 0. The van der Waals surface area contributed by atoms with Gasteiger partial charge in [0.25, 0.3) is 0 Å². The van der Waals surface area contributed by atoms with Gasteiger partial charge in [-0.3, -0.25) is 0 Å². The first kappa shape index (κ1) is 19.8. The molecule has 0 unspecified atom stereocenters. The molecule has 0 N–H and O–H groups in total. The van der Waals surface area contributed by atoms with Crippen LogP contribution in [0.3, 0.4) is 0 Å². The number of ether oxygens (including phenoxy) is 1. The Morgan fingerprint density at radius 1 is 1.18 bits per heavy atom. The van der Waals surface area contributed by atoms with E-state index in [1.807, 2.05) is 37.3 Å². The van der Waals surface area contributed by atoms with Crippen molar-refractivity contribution in [2.75, 3.05) is 37.0 Å². The van der Waals surface area contributed by atoms with Crippen molar-refractivity contribution in [3.05, 3.63) is 58.7 Å². The summed E-state index contributed by atoms with van der Waals surface area (Å²) in [6, 6.07) is 14.5. The zero-order valence-corrected chi connectivity index (χ0v) is 17.0. The molecule has 0 bridgehead atoms. The van der Waals surface area contributed by atoms with Gasteiger partial charge in [-0.15, -0.1) is 0 Å². The van der Waals surface area contributed by atoms with Gasteiger partial charge in [0.05, 0.1) is 23.9 Å². The lowest BCUT2D eigenvalue weighted by molar-refractivity contribution is 0.0600. The number of benzene rings is 2. The number of carbonyl (C=O) groups is 1. The van der Waals surface area contributed by atoms with Crippen molar-refractivity contribution in [2.45, 2.75) is 32.7 Å². The number of carbonyl (C=O) groups excluding carboxylic acids is 1. The van der Waals surface area contributed by atoms with E-state index in [2.05, 4.69) is 35.9 Å². The van der Waals surface area contributed by atoms with E-state index >= 15 is 0 Å². The summed E-state index contributed by atoms with van der Waals surface area (Å²) in [5, 5.41) is 9.36. The first-order chi connectivity index (χ1) is 13.5. The smallest absolute Gasteiger partial charge is 0.338 e. The Hall–Kier alpha value is -3.00. The van der Waals surface area contributed by atoms with Crippen molar-refractivity contribution in [3.63, 3.8) is 0 Å². The second kappa shape index (κ2) is 8.35. The minimum absolute atomic E-state index is 0.296. The topological polar surface area (TPSA) is 56.6 Å². The predicted molar refractivity (Wildman–Crippen MR) is 112 cm³/mol. The fraction of sp³-hybridized carbons (Fsp3) is 0.391. The molecule has 1 fully saturated rings. The van der Waals surface area contributed by atoms with Crippen molar-refractivity contribution in [1.29, 1.82) is 5.26 Å². The summed E-state index contributed by atoms with van der Waals surface area (Å²) in [5.74, 6) is -0.296. The lowest BCUT2D eigenvalue weighted by Crippen LogP contribution is -2.44. The third-order valence-electron chi connectivity index (χ3n) is 5.71. The van der Waals surface area contributed by atoms with E-state index in [0.717, 1.165) is 54.0 Å². The van der Waals surface area contributed by atoms with Crippen LogP contribution >= 0.6 is 0 Å². The third kappa shape index (κ3) is 3.82. The first-order valence-corrected chi connectivity index (χ1v) is 9.62. The number of nitrogens with zero attached hydrogens (tertiary/aromatic N) is 3. The van der Waals surface area contributed by atoms with Gasteiger partial charge in [0.15, 0.2) is 0 Å². The van der Waals surface area contributed by atoms with Crippen molar-refractivity contribution < 1.29 is 9.53 Å². The van der Waals surface area contributed by atoms with Crippen LogP contribution in [0.1, 0.15) is 39.9 Å². The van der Waals surface area contributed by atoms with Crippen molar-refractivity contribution >= 4 is 17.3 Å². The molecule has 0 aromatic heterocycles. The number of aryl methyl sites for hydroxylation is 2. The van der Waals surface area contributed by atoms with E-state index in [4.69, 9.17) is 4.74 Å². The highest BCUT2D eigenvalue weighted by Crippen LogP contribution is 2.30. The van der Waals surface area contributed by atoms with Crippen LogP contribution < -0.4 is 9.80 Å². The highest BCUT2D eigenvalue weighted by atomic mass is 16.5. The molecule has 1 aliphatic rings. The summed E-state index contributed by atoms with van der Waals surface area (Å²) in [6.45, 7) is 5.83. The van der Waals surface area contributed by atoms with E-state index in [9.17, 15) is 10.1 Å². The molecular formula is C23H27N3O2. The summed E-state index contributed by atoms with van der Waals surface area (Å²) in [6.07, 6.45) is 1.99. The van der Waals surface area contributed by atoms with Gasteiger partial charge in [-0.1, -0.05) is 18.2 Å². The number of esters is 1. The first-order valence-electron chi connectivity index (χ1n) is 9.62. The zero-order valence-electron chi connectivity index (χ0n) is 17.0. The minimum atomic E-state index is -0.296. The summed E-state index contributed by atoms with van der Waals surface area (Å²) in [4.78, 5) is 16.7. The molecule has 146 valence electrons. The van der Waals surface area contributed by atoms with Crippen molar-refractivity contribution in [3.8, 4) is 6.07 Å². The van der Waals surface area contributed by atoms with Gasteiger partial charge in [0.1, 0.15) is 6.07 Å². The summed E-state index contributed by atoms with van der Waals surface area (Å²) in [7, 11) is 3.52. The molecule has 0 amide bonds. The van der Waals surface area contributed by atoms with Crippen LogP contribution in [0.2, 0.25) is 0 Å². The van der Waals surface area contributed by atoms with E-state index < -0.39 is 0 Å². The number of piperidine rings is 1. The summed E-state index contributed by atoms with van der Waals surface area (Å²) < 4.78 is 4.93. The number of para-hydroxylation sites is 1. The van der Waals surface area contributed by atoms with Crippen LogP contribution in [0.5, 0.6) is 0 Å². The molecule has 1 aliphatic heterocycles. The standard InChI is InChI=1S/C23H27N3O2/c1-16-13-17(2)22(14-20(16)23(27)28-4)25(3)19-9-11-26(12-10-19)21-8-6-5-7-18(21)15-24/h5-8,13-14,19H,9-12H2,1-4H3. The van der Waals surface area contributed by atoms with Gasteiger partial charge < -0.3 is 14.5 Å². The Balaban J connectivity index is 1.76. The molecule has 1 saturated heterocycles. The highest BCUT2D eigenvalue weighted by Gasteiger charge is 2.25. The molecule has 2 aromatic rings. The second-order valence-corrected chi connectivity index (χ2v) is 7.40. The van der Waals surface area contributed by atoms with Gasteiger partial charge >= 0.3 is 5.97 Å². The lowest BCUT2D eigenvalue weighted by atomic mass is 9.98. The molecule has 2 aromatic carbocycles. The molecule has 0 atom stereocenters. The van der Waals surface area contributed by atoms with Crippen molar-refractivity contribution in [2.24, 2.45) is 0 Å². The van der Waals surface area contributed by atoms with E-state index in [-0.39, 0.29) is 5.97 Å². The zero-order chi connectivity index (χ0) is 20.3. The van der Waals surface area contributed by atoms with Crippen LogP contribution in [-0.4, -0.2) is 39.3 Å². The lowest BCUT2D eigenvalue weighted by Gasteiger charge is -2.39. The maximum Gasteiger partial charge on any atom is 0.338 e. The second-order valence-electron chi connectivity index (χ2n) is 7.40. The Morgan fingerprint density at radius 2 is 1.86 bits per heavy atom. The van der Waals surface area contributed by atoms with Gasteiger partial charge in [-0.05, 0) is 56.0 Å². The Bertz CT molecular complexity index is 909. The monoisotopic (exact) mass is 377 g/mol. The normalized spacial score (nSPS) is 14.5. The number of hydrogen-bond acceptors (Lipinski definition) is 5. The van der Waals surface area contributed by atoms with Gasteiger partial charge in [-0.25, -0.2) is 4.79 Å². The molecule has 1 heterocycles. The average Bonchev–Trinajstić information content (AvgIpc) is 2.73. The van der Waals surface area contributed by atoms with E-state index in [1.54, 1.807) is 0 Å². The maximum absolute atomic E-state index is 12.1. The SMILES string of the molecule is COC(=O)c1cc(N(C)C2CCN(c3ccccc3C#N)CC2)c(C)cc1C. The molecule has 5 nitrogen and oxygen atoms in total. The molecule has 5 heteroatoms. The molecule has 3 rings (SSSR count). The Kier molecular flexibility index (Phi) is 5.89. The Labute approximate surface area is 167 Å². The van der Waals surface area contributed by atoms with Crippen LogP contribution in [-0.2, 0) is 4.74 Å². The van der Waals surface area contributed by atoms with E-state index in [1.165, 1.54) is 7.11 Å². The number of rotatable bonds is 4. The third-order valence-corrected chi connectivity index (χ3v) is 5.71. The van der Waals surface area contributed by atoms with Gasteiger partial charge in [0.2, 0.25) is 0 Å². The fourth-order valence-corrected chi connectivity index (χ4v) is 4.09. The molecule has 28 heavy (non-hydrogen) atoms. The molecule has 0 radical (unpaired) electrons. The Morgan fingerprint density at radius 3 is 2.50 bits per heavy atom. The summed E-state index contributed by atoms with van der Waals surface area (Å²) >= 11 is 0. The fourth-order valence-electron chi connectivity index (χ4n) is 4.09. The van der Waals surface area contributed by atoms with E-state index in [0.29, 0.717) is 11.6 Å². The molecule has 0 spiro atoms. The minimum Gasteiger partial charge on any atom is -0.465 e. The number of nitriles is 1. The highest BCUT2D eigenvalue weighted by molar-refractivity contribution is 5.92. The number of anilines is 2. The average molecular weight is 377 g/mol. The van der Waals surface area contributed by atoms with Gasteiger partial charge in [-0.2, -0.15) is 5.26 Å². The largest absolute Gasteiger partial charge is 0.465 e. The van der Waals surface area contributed by atoms with Crippen molar-refractivity contribution in [1.82, 2.24) is 0 Å². The molecule has 0 saturated carbocycles. The van der Waals surface area contributed by atoms with Gasteiger partial charge in [0, 0.05) is 31.9 Å². The quantitative estimate of drug-likeness (QED) is 0.752. The predicted octanol–water partition coefficient (Wildman–Crippen LogP) is 4.07. The maximum atomic E-state index is 12.1.